The van der Waals surface area contributed by atoms with Gasteiger partial charge in [-0.1, -0.05) is 6.07 Å². The lowest BCUT2D eigenvalue weighted by Gasteiger charge is -2.11. The number of hydrogen-bond acceptors (Lipinski definition) is 3. The van der Waals surface area contributed by atoms with Crippen molar-refractivity contribution in [3.63, 3.8) is 0 Å². The van der Waals surface area contributed by atoms with Crippen LogP contribution in [0.3, 0.4) is 0 Å². The van der Waals surface area contributed by atoms with Gasteiger partial charge in [-0.25, -0.2) is 9.37 Å². The van der Waals surface area contributed by atoms with Crippen molar-refractivity contribution in [2.75, 3.05) is 13.2 Å². The Balaban J connectivity index is 1.70. The van der Waals surface area contributed by atoms with Crippen LogP contribution >= 0.6 is 0 Å². The smallest absolute Gasteiger partial charge is 0.272 e. The maximum absolute atomic E-state index is 13.3. The lowest BCUT2D eigenvalue weighted by atomic mass is 10.1. The van der Waals surface area contributed by atoms with Gasteiger partial charge in [0.05, 0.1) is 11.8 Å². The summed E-state index contributed by atoms with van der Waals surface area (Å²) < 4.78 is 20.7. The number of pyridine rings is 1. The Labute approximate surface area is 144 Å². The number of imidazole rings is 1. The first-order valence-electron chi connectivity index (χ1n) is 8.35. The third-order valence-electron chi connectivity index (χ3n) is 4.38. The average molecular weight is 339 g/mol. The van der Waals surface area contributed by atoms with Gasteiger partial charge in [0, 0.05) is 24.9 Å². The van der Waals surface area contributed by atoms with Crippen LogP contribution in [0.5, 0.6) is 0 Å². The van der Waals surface area contributed by atoms with E-state index in [1.807, 2.05) is 28.8 Å². The Bertz CT molecular complexity index is 899. The van der Waals surface area contributed by atoms with E-state index in [9.17, 15) is 9.18 Å². The van der Waals surface area contributed by atoms with E-state index < -0.39 is 0 Å². The molecule has 3 aromatic rings. The van der Waals surface area contributed by atoms with E-state index in [0.29, 0.717) is 23.6 Å². The summed E-state index contributed by atoms with van der Waals surface area (Å²) in [5, 5.41) is 2.91. The minimum atomic E-state index is -0.318. The molecule has 1 N–H and O–H groups in total. The summed E-state index contributed by atoms with van der Waals surface area (Å²) in [5.41, 5.74) is 2.39. The number of halogens is 1. The fourth-order valence-corrected chi connectivity index (χ4v) is 3.13. The molecule has 3 heterocycles. The number of aromatic nitrogens is 2. The molecule has 1 saturated heterocycles. The van der Waals surface area contributed by atoms with Crippen LogP contribution in [0, 0.1) is 5.82 Å². The van der Waals surface area contributed by atoms with Gasteiger partial charge in [0.25, 0.3) is 5.91 Å². The number of ether oxygens (including phenoxy) is 1. The number of carbonyl (C=O) groups excluding carboxylic acids is 1. The average Bonchev–Trinajstić information content (AvgIpc) is 3.28. The summed E-state index contributed by atoms with van der Waals surface area (Å²) in [7, 11) is 0. The zero-order valence-electron chi connectivity index (χ0n) is 13.6. The summed E-state index contributed by atoms with van der Waals surface area (Å²) in [4.78, 5) is 17.2. The molecule has 128 valence electrons. The number of nitrogens with zero attached hydrogens (tertiary/aromatic N) is 2. The van der Waals surface area contributed by atoms with Crippen LogP contribution in [-0.2, 0) is 4.74 Å². The number of nitrogens with one attached hydrogen (secondary N) is 1. The molecule has 1 fully saturated rings. The van der Waals surface area contributed by atoms with Gasteiger partial charge in [-0.15, -0.1) is 0 Å². The summed E-state index contributed by atoms with van der Waals surface area (Å²) >= 11 is 0. The molecular weight excluding hydrogens is 321 g/mol. The van der Waals surface area contributed by atoms with E-state index in [4.69, 9.17) is 4.74 Å². The molecular formula is C19H18FN3O2. The van der Waals surface area contributed by atoms with Crippen molar-refractivity contribution in [1.82, 2.24) is 14.7 Å². The molecule has 1 amide bonds. The number of hydrogen-bond donors (Lipinski definition) is 1. The summed E-state index contributed by atoms with van der Waals surface area (Å²) in [5.74, 6) is -0.569. The van der Waals surface area contributed by atoms with Crippen molar-refractivity contribution in [3.05, 3.63) is 60.2 Å². The van der Waals surface area contributed by atoms with Gasteiger partial charge >= 0.3 is 0 Å². The minimum Gasteiger partial charge on any atom is -0.376 e. The molecule has 1 atom stereocenters. The van der Waals surface area contributed by atoms with Gasteiger partial charge in [0.15, 0.2) is 5.69 Å². The molecule has 0 bridgehead atoms. The van der Waals surface area contributed by atoms with E-state index >= 15 is 0 Å². The van der Waals surface area contributed by atoms with Crippen molar-refractivity contribution in [1.29, 1.82) is 0 Å². The topological polar surface area (TPSA) is 55.6 Å². The highest BCUT2D eigenvalue weighted by Crippen LogP contribution is 2.25. The van der Waals surface area contributed by atoms with E-state index in [2.05, 4.69) is 10.3 Å². The Hall–Kier alpha value is -2.73. The first kappa shape index (κ1) is 15.8. The van der Waals surface area contributed by atoms with Crippen molar-refractivity contribution in [2.24, 2.45) is 0 Å². The molecule has 0 radical (unpaired) electrons. The van der Waals surface area contributed by atoms with Crippen molar-refractivity contribution in [3.8, 4) is 11.3 Å². The summed E-state index contributed by atoms with van der Waals surface area (Å²) in [6.07, 6.45) is 3.89. The second kappa shape index (κ2) is 6.64. The van der Waals surface area contributed by atoms with E-state index in [0.717, 1.165) is 25.0 Å². The third kappa shape index (κ3) is 3.13. The van der Waals surface area contributed by atoms with Gasteiger partial charge in [-0.3, -0.25) is 9.20 Å². The van der Waals surface area contributed by atoms with Gasteiger partial charge in [0.2, 0.25) is 0 Å². The Morgan fingerprint density at radius 2 is 2.12 bits per heavy atom. The molecule has 6 heteroatoms. The quantitative estimate of drug-likeness (QED) is 0.795. The fourth-order valence-electron chi connectivity index (χ4n) is 3.13. The number of amides is 1. The fraction of sp³-hybridized carbons (Fsp3) is 0.263. The number of fused-ring (bicyclic) bond motifs is 1. The molecule has 0 saturated carbocycles. The van der Waals surface area contributed by atoms with Crippen LogP contribution in [0.1, 0.15) is 23.3 Å². The lowest BCUT2D eigenvalue weighted by molar-refractivity contribution is 0.0855. The molecule has 4 rings (SSSR count). The van der Waals surface area contributed by atoms with Gasteiger partial charge < -0.3 is 10.1 Å². The first-order chi connectivity index (χ1) is 12.2. The third-order valence-corrected chi connectivity index (χ3v) is 4.38. The predicted molar refractivity (Wildman–Crippen MR) is 91.9 cm³/mol. The second-order valence-electron chi connectivity index (χ2n) is 6.09. The molecule has 0 unspecified atom stereocenters. The monoisotopic (exact) mass is 339 g/mol. The minimum absolute atomic E-state index is 0.0650. The number of benzene rings is 1. The van der Waals surface area contributed by atoms with Crippen LogP contribution in [0.4, 0.5) is 4.39 Å². The number of rotatable bonds is 4. The van der Waals surface area contributed by atoms with E-state index in [-0.39, 0.29) is 17.8 Å². The Morgan fingerprint density at radius 1 is 1.28 bits per heavy atom. The predicted octanol–water partition coefficient (Wildman–Crippen LogP) is 3.05. The van der Waals surface area contributed by atoms with Crippen LogP contribution < -0.4 is 5.32 Å². The largest absolute Gasteiger partial charge is 0.376 e. The van der Waals surface area contributed by atoms with Crippen molar-refractivity contribution >= 4 is 11.6 Å². The van der Waals surface area contributed by atoms with Crippen LogP contribution in [0.15, 0.2) is 48.7 Å². The standard InChI is InChI=1S/C19H18FN3O2/c20-14-8-6-13(7-9-14)18-17(22-16-5-1-2-10-23(16)18)19(24)21-12-15-4-3-11-25-15/h1-2,5-10,15H,3-4,11-12H2,(H,21,24)/t15-/m1/s1. The number of carbonyl (C=O) groups is 1. The first-order valence-corrected chi connectivity index (χ1v) is 8.35. The zero-order valence-corrected chi connectivity index (χ0v) is 13.6. The molecule has 25 heavy (non-hydrogen) atoms. The highest BCUT2D eigenvalue weighted by molar-refractivity contribution is 5.99. The maximum atomic E-state index is 13.3. The molecule has 2 aromatic heterocycles. The summed E-state index contributed by atoms with van der Waals surface area (Å²) in [6, 6.07) is 11.6. The Morgan fingerprint density at radius 3 is 2.88 bits per heavy atom. The maximum Gasteiger partial charge on any atom is 0.272 e. The normalized spacial score (nSPS) is 17.1. The van der Waals surface area contributed by atoms with E-state index in [1.165, 1.54) is 12.1 Å². The van der Waals surface area contributed by atoms with Crippen molar-refractivity contribution < 1.29 is 13.9 Å². The van der Waals surface area contributed by atoms with Crippen molar-refractivity contribution in [2.45, 2.75) is 18.9 Å². The van der Waals surface area contributed by atoms with Gasteiger partial charge in [0.1, 0.15) is 11.5 Å². The molecule has 0 spiro atoms. The van der Waals surface area contributed by atoms with Crippen LogP contribution in [0.2, 0.25) is 0 Å². The molecule has 1 aromatic carbocycles. The van der Waals surface area contributed by atoms with Gasteiger partial charge in [-0.05, 0) is 49.2 Å². The van der Waals surface area contributed by atoms with Crippen LogP contribution in [-0.4, -0.2) is 34.5 Å². The molecule has 0 aliphatic carbocycles. The van der Waals surface area contributed by atoms with E-state index in [1.54, 1.807) is 12.1 Å². The molecule has 1 aliphatic heterocycles. The SMILES string of the molecule is O=C(NC[C@H]1CCCO1)c1nc2ccccn2c1-c1ccc(F)cc1. The van der Waals surface area contributed by atoms with Crippen LogP contribution in [0.25, 0.3) is 16.9 Å². The highest BCUT2D eigenvalue weighted by Gasteiger charge is 2.22. The Kier molecular flexibility index (Phi) is 4.19. The second-order valence-corrected chi connectivity index (χ2v) is 6.09. The molecule has 1 aliphatic rings. The zero-order chi connectivity index (χ0) is 17.2. The highest BCUT2D eigenvalue weighted by atomic mass is 19.1. The lowest BCUT2D eigenvalue weighted by Crippen LogP contribution is -2.32. The molecule has 5 nitrogen and oxygen atoms in total. The van der Waals surface area contributed by atoms with Gasteiger partial charge in [-0.2, -0.15) is 0 Å². The summed E-state index contributed by atoms with van der Waals surface area (Å²) in [6.45, 7) is 1.21.